The predicted octanol–water partition coefficient (Wildman–Crippen LogP) is 1.33. The standard InChI is InChI=1S/C12H23NO3/c1-4-13-8-5-6-12(16,7-9-13)11(2,3)10(14)15/h16H,4-9H2,1-3H3,(H,14,15). The molecule has 1 rings (SSSR count). The third kappa shape index (κ3) is 2.38. The first-order valence-corrected chi connectivity index (χ1v) is 6.01. The summed E-state index contributed by atoms with van der Waals surface area (Å²) in [4.78, 5) is 13.5. The number of carboxylic acids is 1. The van der Waals surface area contributed by atoms with Gasteiger partial charge < -0.3 is 15.1 Å². The van der Waals surface area contributed by atoms with Gasteiger partial charge in [-0.3, -0.25) is 4.79 Å². The number of carboxylic acid groups (broad SMARTS) is 1. The first-order chi connectivity index (χ1) is 7.33. The van der Waals surface area contributed by atoms with Crippen molar-refractivity contribution in [3.8, 4) is 0 Å². The van der Waals surface area contributed by atoms with Gasteiger partial charge in [0.15, 0.2) is 0 Å². The van der Waals surface area contributed by atoms with Crippen molar-refractivity contribution >= 4 is 5.97 Å². The lowest BCUT2D eigenvalue weighted by Gasteiger charge is -2.39. The number of aliphatic carboxylic acids is 1. The van der Waals surface area contributed by atoms with Gasteiger partial charge in [-0.2, -0.15) is 0 Å². The molecule has 1 aliphatic heterocycles. The Morgan fingerprint density at radius 2 is 2.00 bits per heavy atom. The van der Waals surface area contributed by atoms with Gasteiger partial charge in [-0.15, -0.1) is 0 Å². The Balaban J connectivity index is 2.81. The molecule has 0 aliphatic carbocycles. The minimum atomic E-state index is -1.08. The summed E-state index contributed by atoms with van der Waals surface area (Å²) in [5.74, 6) is -0.917. The monoisotopic (exact) mass is 229 g/mol. The van der Waals surface area contributed by atoms with Crippen LogP contribution in [0.3, 0.4) is 0 Å². The van der Waals surface area contributed by atoms with Crippen LogP contribution in [0.15, 0.2) is 0 Å². The van der Waals surface area contributed by atoms with E-state index in [1.54, 1.807) is 13.8 Å². The molecule has 1 atom stereocenters. The second-order valence-electron chi connectivity index (χ2n) is 5.25. The maximum absolute atomic E-state index is 11.2. The van der Waals surface area contributed by atoms with Crippen molar-refractivity contribution in [2.45, 2.75) is 45.6 Å². The van der Waals surface area contributed by atoms with Gasteiger partial charge in [-0.25, -0.2) is 0 Å². The van der Waals surface area contributed by atoms with Crippen LogP contribution >= 0.6 is 0 Å². The van der Waals surface area contributed by atoms with E-state index in [0.717, 1.165) is 26.1 Å². The number of nitrogens with zero attached hydrogens (tertiary/aromatic N) is 1. The van der Waals surface area contributed by atoms with E-state index in [-0.39, 0.29) is 0 Å². The van der Waals surface area contributed by atoms with Crippen molar-refractivity contribution in [3.05, 3.63) is 0 Å². The third-order valence-electron chi connectivity index (χ3n) is 4.05. The summed E-state index contributed by atoms with van der Waals surface area (Å²) >= 11 is 0. The summed E-state index contributed by atoms with van der Waals surface area (Å²) in [5.41, 5.74) is -2.15. The highest BCUT2D eigenvalue weighted by molar-refractivity contribution is 5.75. The van der Waals surface area contributed by atoms with Crippen LogP contribution in [0, 0.1) is 5.41 Å². The number of hydrogen-bond acceptors (Lipinski definition) is 3. The van der Waals surface area contributed by atoms with Gasteiger partial charge in [-0.1, -0.05) is 6.92 Å². The lowest BCUT2D eigenvalue weighted by molar-refractivity contribution is -0.166. The van der Waals surface area contributed by atoms with E-state index in [1.165, 1.54) is 0 Å². The Kier molecular flexibility index (Phi) is 3.97. The maximum atomic E-state index is 11.2. The Morgan fingerprint density at radius 3 is 2.50 bits per heavy atom. The lowest BCUT2D eigenvalue weighted by atomic mass is 9.71. The fourth-order valence-corrected chi connectivity index (χ4v) is 2.32. The van der Waals surface area contributed by atoms with Gasteiger partial charge >= 0.3 is 5.97 Å². The van der Waals surface area contributed by atoms with Crippen LogP contribution in [-0.4, -0.2) is 46.3 Å². The number of likely N-dealkylation sites (tertiary alicyclic amines) is 1. The molecule has 0 saturated carbocycles. The molecular weight excluding hydrogens is 206 g/mol. The molecule has 4 nitrogen and oxygen atoms in total. The number of carbonyl (C=O) groups is 1. The SMILES string of the molecule is CCN1CCCC(O)(C(C)(C)C(=O)O)CC1. The summed E-state index contributed by atoms with van der Waals surface area (Å²) in [6.45, 7) is 8.03. The summed E-state index contributed by atoms with van der Waals surface area (Å²) in [6, 6.07) is 0. The van der Waals surface area contributed by atoms with Crippen molar-refractivity contribution < 1.29 is 15.0 Å². The molecule has 1 unspecified atom stereocenters. The number of hydrogen-bond donors (Lipinski definition) is 2. The Labute approximate surface area is 97.3 Å². The lowest BCUT2D eigenvalue weighted by Crippen LogP contribution is -2.50. The Hall–Kier alpha value is -0.610. The zero-order chi connectivity index (χ0) is 12.4. The number of rotatable bonds is 3. The highest BCUT2D eigenvalue weighted by Crippen LogP contribution is 2.39. The average Bonchev–Trinajstić information content (AvgIpc) is 2.41. The maximum Gasteiger partial charge on any atom is 0.312 e. The third-order valence-corrected chi connectivity index (χ3v) is 4.05. The smallest absolute Gasteiger partial charge is 0.312 e. The van der Waals surface area contributed by atoms with Gasteiger partial charge in [0, 0.05) is 6.54 Å². The molecule has 2 N–H and O–H groups in total. The fourth-order valence-electron chi connectivity index (χ4n) is 2.32. The highest BCUT2D eigenvalue weighted by Gasteiger charge is 2.49. The van der Waals surface area contributed by atoms with Crippen LogP contribution in [0.25, 0.3) is 0 Å². The first-order valence-electron chi connectivity index (χ1n) is 6.01. The second kappa shape index (κ2) is 4.72. The van der Waals surface area contributed by atoms with Gasteiger partial charge in [0.25, 0.3) is 0 Å². The molecule has 4 heteroatoms. The summed E-state index contributed by atoms with van der Waals surface area (Å²) in [6.07, 6.45) is 1.98. The molecule has 94 valence electrons. The van der Waals surface area contributed by atoms with E-state index < -0.39 is 17.0 Å². The van der Waals surface area contributed by atoms with Gasteiger partial charge in [0.05, 0.1) is 11.0 Å². The molecule has 0 radical (unpaired) electrons. The Morgan fingerprint density at radius 1 is 1.38 bits per heavy atom. The van der Waals surface area contributed by atoms with Crippen LogP contribution in [-0.2, 0) is 4.79 Å². The summed E-state index contributed by atoms with van der Waals surface area (Å²) < 4.78 is 0. The summed E-state index contributed by atoms with van der Waals surface area (Å²) in [7, 11) is 0. The van der Waals surface area contributed by atoms with Gasteiger partial charge in [-0.05, 0) is 46.2 Å². The van der Waals surface area contributed by atoms with Gasteiger partial charge in [0.2, 0.25) is 0 Å². The molecule has 1 fully saturated rings. The van der Waals surface area contributed by atoms with Gasteiger partial charge in [0.1, 0.15) is 0 Å². The van der Waals surface area contributed by atoms with Crippen LogP contribution in [0.4, 0.5) is 0 Å². The molecule has 1 aliphatic rings. The summed E-state index contributed by atoms with van der Waals surface area (Å²) in [5, 5.41) is 19.8. The van der Waals surface area contributed by atoms with Crippen molar-refractivity contribution in [1.82, 2.24) is 4.90 Å². The van der Waals surface area contributed by atoms with E-state index in [2.05, 4.69) is 11.8 Å². The first kappa shape index (κ1) is 13.5. The minimum Gasteiger partial charge on any atom is -0.481 e. The largest absolute Gasteiger partial charge is 0.481 e. The average molecular weight is 229 g/mol. The molecule has 0 aromatic heterocycles. The molecule has 0 aromatic rings. The van der Waals surface area contributed by atoms with Crippen LogP contribution < -0.4 is 0 Å². The molecular formula is C12H23NO3. The van der Waals surface area contributed by atoms with E-state index in [4.69, 9.17) is 0 Å². The minimum absolute atomic E-state index is 0.542. The van der Waals surface area contributed by atoms with Crippen LogP contribution in [0.1, 0.15) is 40.0 Å². The van der Waals surface area contributed by atoms with Crippen molar-refractivity contribution in [2.75, 3.05) is 19.6 Å². The Bertz CT molecular complexity index is 265. The normalized spacial score (nSPS) is 28.8. The molecule has 1 heterocycles. The molecule has 0 amide bonds. The second-order valence-corrected chi connectivity index (χ2v) is 5.25. The molecule has 1 saturated heterocycles. The highest BCUT2D eigenvalue weighted by atomic mass is 16.4. The predicted molar refractivity (Wildman–Crippen MR) is 62.3 cm³/mol. The van der Waals surface area contributed by atoms with Crippen molar-refractivity contribution in [1.29, 1.82) is 0 Å². The zero-order valence-corrected chi connectivity index (χ0v) is 10.5. The fraction of sp³-hybridized carbons (Fsp3) is 0.917. The molecule has 0 bridgehead atoms. The molecule has 16 heavy (non-hydrogen) atoms. The van der Waals surface area contributed by atoms with Crippen LogP contribution in [0.2, 0.25) is 0 Å². The van der Waals surface area contributed by atoms with E-state index in [0.29, 0.717) is 12.8 Å². The van der Waals surface area contributed by atoms with Crippen molar-refractivity contribution in [2.24, 2.45) is 5.41 Å². The van der Waals surface area contributed by atoms with E-state index in [1.807, 2.05) is 0 Å². The molecule has 0 aromatic carbocycles. The topological polar surface area (TPSA) is 60.8 Å². The zero-order valence-electron chi connectivity index (χ0n) is 10.5. The van der Waals surface area contributed by atoms with Crippen LogP contribution in [0.5, 0.6) is 0 Å². The quantitative estimate of drug-likeness (QED) is 0.766. The molecule has 0 spiro atoms. The number of aliphatic hydroxyl groups is 1. The van der Waals surface area contributed by atoms with Crippen molar-refractivity contribution in [3.63, 3.8) is 0 Å². The van der Waals surface area contributed by atoms with E-state index in [9.17, 15) is 15.0 Å². The van der Waals surface area contributed by atoms with E-state index >= 15 is 0 Å².